The van der Waals surface area contributed by atoms with E-state index in [2.05, 4.69) is 0 Å². The molecule has 0 saturated carbocycles. The lowest BCUT2D eigenvalue weighted by molar-refractivity contribution is -0.147. The summed E-state index contributed by atoms with van der Waals surface area (Å²) in [5.41, 5.74) is 6.64. The summed E-state index contributed by atoms with van der Waals surface area (Å²) in [5.74, 6) is 0. The molecular formula is C12H13F3N2. The highest BCUT2D eigenvalue weighted by molar-refractivity contribution is 5.81. The van der Waals surface area contributed by atoms with Crippen LogP contribution in [-0.4, -0.2) is 16.8 Å². The molecule has 5 heteroatoms. The van der Waals surface area contributed by atoms with E-state index < -0.39 is 12.2 Å². The molecule has 0 bridgehead atoms. The van der Waals surface area contributed by atoms with Gasteiger partial charge in [0.1, 0.15) is 6.04 Å². The Morgan fingerprint density at radius 3 is 2.53 bits per heavy atom. The van der Waals surface area contributed by atoms with Crippen molar-refractivity contribution in [3.63, 3.8) is 0 Å². The van der Waals surface area contributed by atoms with Crippen molar-refractivity contribution in [2.75, 3.05) is 0 Å². The summed E-state index contributed by atoms with van der Waals surface area (Å²) in [5, 5.41) is 0.930. The van der Waals surface area contributed by atoms with Crippen LogP contribution in [0.15, 0.2) is 30.3 Å². The van der Waals surface area contributed by atoms with E-state index in [9.17, 15) is 13.2 Å². The molecule has 2 rings (SSSR count). The van der Waals surface area contributed by atoms with Gasteiger partial charge in [-0.15, -0.1) is 0 Å². The van der Waals surface area contributed by atoms with Gasteiger partial charge in [0.2, 0.25) is 0 Å². The molecule has 0 aliphatic heterocycles. The zero-order valence-corrected chi connectivity index (χ0v) is 9.33. The average molecular weight is 242 g/mol. The minimum atomic E-state index is -4.35. The van der Waals surface area contributed by atoms with Crippen molar-refractivity contribution >= 4 is 10.9 Å². The number of hydrogen-bond donors (Lipinski definition) is 1. The van der Waals surface area contributed by atoms with Gasteiger partial charge in [0.25, 0.3) is 0 Å². The van der Waals surface area contributed by atoms with Crippen molar-refractivity contribution in [2.24, 2.45) is 12.8 Å². The van der Waals surface area contributed by atoms with Gasteiger partial charge in [0, 0.05) is 24.7 Å². The normalized spacial score (nSPS) is 14.2. The van der Waals surface area contributed by atoms with E-state index in [-0.39, 0.29) is 6.42 Å². The second kappa shape index (κ2) is 4.07. The molecule has 1 aromatic carbocycles. The first-order chi connectivity index (χ1) is 7.89. The summed E-state index contributed by atoms with van der Waals surface area (Å²) in [6.07, 6.45) is -4.55. The van der Waals surface area contributed by atoms with Gasteiger partial charge in [-0.2, -0.15) is 13.2 Å². The van der Waals surface area contributed by atoms with Gasteiger partial charge < -0.3 is 10.3 Å². The predicted molar refractivity (Wildman–Crippen MR) is 60.7 cm³/mol. The maximum absolute atomic E-state index is 12.4. The largest absolute Gasteiger partial charge is 0.404 e. The zero-order chi connectivity index (χ0) is 12.6. The van der Waals surface area contributed by atoms with Crippen LogP contribution < -0.4 is 5.73 Å². The standard InChI is InChI=1S/C12H13F3N2/c1-17-9(7-11(16)12(13,14)15)6-8-4-2-3-5-10(8)17/h2-6,11H,7,16H2,1H3. The summed E-state index contributed by atoms with van der Waals surface area (Å²) in [6, 6.07) is 7.40. The fraction of sp³-hybridized carbons (Fsp3) is 0.333. The van der Waals surface area contributed by atoms with E-state index in [4.69, 9.17) is 5.73 Å². The molecule has 17 heavy (non-hydrogen) atoms. The average Bonchev–Trinajstić information content (AvgIpc) is 2.55. The Bertz CT molecular complexity index is 528. The fourth-order valence-electron chi connectivity index (χ4n) is 1.88. The number of nitrogens with two attached hydrogens (primary N) is 1. The van der Waals surface area contributed by atoms with Crippen LogP contribution in [0.3, 0.4) is 0 Å². The number of aromatic nitrogens is 1. The number of fused-ring (bicyclic) bond motifs is 1. The van der Waals surface area contributed by atoms with E-state index in [0.29, 0.717) is 5.69 Å². The Morgan fingerprint density at radius 1 is 1.29 bits per heavy atom. The Labute approximate surface area is 96.8 Å². The molecule has 0 amide bonds. The molecule has 0 spiro atoms. The van der Waals surface area contributed by atoms with Crippen LogP contribution in [0, 0.1) is 0 Å². The van der Waals surface area contributed by atoms with Crippen LogP contribution >= 0.6 is 0 Å². The molecule has 1 heterocycles. The number of hydrogen-bond acceptors (Lipinski definition) is 1. The second-order valence-electron chi connectivity index (χ2n) is 4.11. The van der Waals surface area contributed by atoms with Crippen LogP contribution in [0.5, 0.6) is 0 Å². The van der Waals surface area contributed by atoms with Crippen molar-refractivity contribution in [1.82, 2.24) is 4.57 Å². The number of alkyl halides is 3. The summed E-state index contributed by atoms with van der Waals surface area (Å²) < 4.78 is 38.9. The highest BCUT2D eigenvalue weighted by atomic mass is 19.4. The van der Waals surface area contributed by atoms with E-state index in [1.807, 2.05) is 24.3 Å². The quantitative estimate of drug-likeness (QED) is 0.862. The first-order valence-electron chi connectivity index (χ1n) is 5.25. The molecule has 1 unspecified atom stereocenters. The smallest absolute Gasteiger partial charge is 0.348 e. The van der Waals surface area contributed by atoms with E-state index >= 15 is 0 Å². The van der Waals surface area contributed by atoms with E-state index in [1.165, 1.54) is 0 Å². The van der Waals surface area contributed by atoms with Gasteiger partial charge in [-0.1, -0.05) is 18.2 Å². The monoisotopic (exact) mass is 242 g/mol. The van der Waals surface area contributed by atoms with Gasteiger partial charge in [-0.25, -0.2) is 0 Å². The van der Waals surface area contributed by atoms with Gasteiger partial charge in [-0.05, 0) is 17.5 Å². The molecule has 1 aromatic heterocycles. The van der Waals surface area contributed by atoms with Gasteiger partial charge >= 0.3 is 6.18 Å². The molecule has 92 valence electrons. The Balaban J connectivity index is 2.34. The lowest BCUT2D eigenvalue weighted by Crippen LogP contribution is -2.39. The topological polar surface area (TPSA) is 30.9 Å². The summed E-state index contributed by atoms with van der Waals surface area (Å²) in [7, 11) is 1.75. The van der Waals surface area contributed by atoms with Crippen LogP contribution in [0.2, 0.25) is 0 Å². The fourth-order valence-corrected chi connectivity index (χ4v) is 1.88. The van der Waals surface area contributed by atoms with E-state index in [0.717, 1.165) is 10.9 Å². The minimum absolute atomic E-state index is 0.200. The maximum Gasteiger partial charge on any atom is 0.404 e. The SMILES string of the molecule is Cn1c(CC(N)C(F)(F)F)cc2ccccc21. The van der Waals surface area contributed by atoms with Gasteiger partial charge in [0.15, 0.2) is 0 Å². The van der Waals surface area contributed by atoms with Crippen LogP contribution in [0.25, 0.3) is 10.9 Å². The highest BCUT2D eigenvalue weighted by Gasteiger charge is 2.37. The van der Waals surface area contributed by atoms with Gasteiger partial charge in [0.05, 0.1) is 0 Å². The maximum atomic E-state index is 12.4. The van der Waals surface area contributed by atoms with Crippen LogP contribution in [0.1, 0.15) is 5.69 Å². The van der Waals surface area contributed by atoms with Crippen molar-refractivity contribution in [2.45, 2.75) is 18.6 Å². The minimum Gasteiger partial charge on any atom is -0.348 e. The molecule has 2 aromatic rings. The first-order valence-corrected chi connectivity index (χ1v) is 5.25. The molecule has 0 fully saturated rings. The number of para-hydroxylation sites is 1. The van der Waals surface area contributed by atoms with Crippen molar-refractivity contribution < 1.29 is 13.2 Å². The summed E-state index contributed by atoms with van der Waals surface area (Å²) in [4.78, 5) is 0. The first kappa shape index (κ1) is 12.0. The lowest BCUT2D eigenvalue weighted by Gasteiger charge is -2.15. The molecule has 0 saturated heterocycles. The van der Waals surface area contributed by atoms with Crippen LogP contribution in [-0.2, 0) is 13.5 Å². The molecule has 2 nitrogen and oxygen atoms in total. The number of halogens is 3. The summed E-state index contributed by atoms with van der Waals surface area (Å²) in [6.45, 7) is 0. The zero-order valence-electron chi connectivity index (χ0n) is 9.33. The van der Waals surface area contributed by atoms with Crippen LogP contribution in [0.4, 0.5) is 13.2 Å². The Hall–Kier alpha value is -1.49. The Morgan fingerprint density at radius 2 is 1.94 bits per heavy atom. The number of nitrogens with zero attached hydrogens (tertiary/aromatic N) is 1. The molecule has 1 atom stereocenters. The van der Waals surface area contributed by atoms with Crippen molar-refractivity contribution in [3.05, 3.63) is 36.0 Å². The highest BCUT2D eigenvalue weighted by Crippen LogP contribution is 2.24. The molecular weight excluding hydrogens is 229 g/mol. The number of aryl methyl sites for hydroxylation is 1. The number of rotatable bonds is 2. The van der Waals surface area contributed by atoms with E-state index in [1.54, 1.807) is 17.7 Å². The van der Waals surface area contributed by atoms with Crippen molar-refractivity contribution in [1.29, 1.82) is 0 Å². The summed E-state index contributed by atoms with van der Waals surface area (Å²) >= 11 is 0. The second-order valence-corrected chi connectivity index (χ2v) is 4.11. The van der Waals surface area contributed by atoms with Crippen molar-refractivity contribution in [3.8, 4) is 0 Å². The van der Waals surface area contributed by atoms with Gasteiger partial charge in [-0.3, -0.25) is 0 Å². The molecule has 0 aliphatic rings. The number of benzene rings is 1. The molecule has 0 radical (unpaired) electrons. The predicted octanol–water partition coefficient (Wildman–Crippen LogP) is 2.61. The molecule has 0 aliphatic carbocycles. The Kier molecular flexibility index (Phi) is 2.87. The third-order valence-electron chi connectivity index (χ3n) is 2.90. The lowest BCUT2D eigenvalue weighted by atomic mass is 10.1. The third-order valence-corrected chi connectivity index (χ3v) is 2.90. The molecule has 2 N–H and O–H groups in total. The third kappa shape index (κ3) is 2.29.